The highest BCUT2D eigenvalue weighted by atomic mass is 32.1. The highest BCUT2D eigenvalue weighted by Gasteiger charge is 2.26. The molecule has 3 nitrogen and oxygen atoms in total. The van der Waals surface area contributed by atoms with E-state index in [9.17, 15) is 0 Å². The Balaban J connectivity index is 1.62. The molecule has 0 spiro atoms. The van der Waals surface area contributed by atoms with Gasteiger partial charge in [0.15, 0.2) is 0 Å². The van der Waals surface area contributed by atoms with Crippen LogP contribution in [0.4, 0.5) is 0 Å². The average molecular weight is 555 g/mol. The van der Waals surface area contributed by atoms with Crippen molar-refractivity contribution in [3.05, 3.63) is 103 Å². The molecule has 0 amide bonds. The van der Waals surface area contributed by atoms with Crippen LogP contribution in [-0.4, -0.2) is 36.8 Å². The molecule has 3 aromatic carbocycles. The summed E-state index contributed by atoms with van der Waals surface area (Å²) in [6.45, 7) is 8.78. The summed E-state index contributed by atoms with van der Waals surface area (Å²) in [7, 11) is 2.15. The molecule has 40 heavy (non-hydrogen) atoms. The number of aryl methyl sites for hydroxylation is 1. The highest BCUT2D eigenvalue weighted by Crippen LogP contribution is 2.38. The van der Waals surface area contributed by atoms with Gasteiger partial charge in [-0.05, 0) is 93.7 Å². The van der Waals surface area contributed by atoms with E-state index in [1.54, 1.807) is 0 Å². The number of likely N-dealkylation sites (N-methyl/N-ethyl adjacent to an activating group) is 1. The summed E-state index contributed by atoms with van der Waals surface area (Å²) in [6, 6.07) is 27.8. The van der Waals surface area contributed by atoms with Gasteiger partial charge in [-0.3, -0.25) is 0 Å². The van der Waals surface area contributed by atoms with Crippen molar-refractivity contribution in [2.75, 3.05) is 26.7 Å². The molecular weight excluding hydrogens is 508 g/mol. The Labute approximate surface area is 248 Å². The molecule has 0 aliphatic heterocycles. The molecule has 0 saturated carbocycles. The van der Waals surface area contributed by atoms with E-state index in [0.717, 1.165) is 74.2 Å². The van der Waals surface area contributed by atoms with Crippen LogP contribution in [0, 0.1) is 0 Å². The first-order valence-corrected chi connectivity index (χ1v) is 15.2. The van der Waals surface area contributed by atoms with Crippen LogP contribution in [0.25, 0.3) is 11.1 Å². The van der Waals surface area contributed by atoms with Crippen LogP contribution >= 0.6 is 12.2 Å². The fraction of sp³-hybridized carbons (Fsp3) is 0.417. The maximum atomic E-state index is 6.35. The number of hydrogen-bond acceptors (Lipinski definition) is 4. The number of nitrogens with zero attached hydrogens (tertiary/aromatic N) is 2. The van der Waals surface area contributed by atoms with E-state index in [1.807, 2.05) is 6.08 Å². The van der Waals surface area contributed by atoms with Crippen molar-refractivity contribution in [2.24, 2.45) is 4.99 Å². The minimum absolute atomic E-state index is 0.407. The molecule has 1 unspecified atom stereocenters. The molecule has 0 N–H and O–H groups in total. The Bertz CT molecular complexity index is 1190. The molecule has 0 aliphatic rings. The molecule has 0 saturated heterocycles. The fourth-order valence-electron chi connectivity index (χ4n) is 5.15. The van der Waals surface area contributed by atoms with Gasteiger partial charge < -0.3 is 9.64 Å². The van der Waals surface area contributed by atoms with Crippen LogP contribution in [0.5, 0.6) is 5.75 Å². The van der Waals surface area contributed by atoms with Crippen molar-refractivity contribution in [1.82, 2.24) is 4.90 Å². The Kier molecular flexibility index (Phi) is 13.9. The van der Waals surface area contributed by atoms with Gasteiger partial charge in [-0.2, -0.15) is 0 Å². The first kappa shape index (κ1) is 31.5. The number of benzene rings is 3. The molecule has 0 aliphatic carbocycles. The van der Waals surface area contributed by atoms with Gasteiger partial charge in [0.1, 0.15) is 5.75 Å². The second-order valence-electron chi connectivity index (χ2n) is 10.9. The van der Waals surface area contributed by atoms with Gasteiger partial charge in [0.2, 0.25) is 0 Å². The molecule has 0 fully saturated rings. The lowest BCUT2D eigenvalue weighted by Crippen LogP contribution is -2.19. The third-order valence-electron chi connectivity index (χ3n) is 7.58. The fourth-order valence-corrected chi connectivity index (χ4v) is 5.35. The zero-order valence-corrected chi connectivity index (χ0v) is 25.3. The molecule has 3 rings (SSSR count). The summed E-state index contributed by atoms with van der Waals surface area (Å²) in [4.78, 5) is 7.00. The summed E-state index contributed by atoms with van der Waals surface area (Å²) < 4.78 is 6.35. The summed E-state index contributed by atoms with van der Waals surface area (Å²) in [5, 5.41) is 2.69. The minimum atomic E-state index is -0.407. The maximum absolute atomic E-state index is 6.35. The predicted molar refractivity (Wildman–Crippen MR) is 175 cm³/mol. The van der Waals surface area contributed by atoms with E-state index in [0.29, 0.717) is 0 Å². The zero-order chi connectivity index (χ0) is 28.5. The SMILES string of the molecule is C=CCN(C)CCCCCCOc1ccc(C(C)(CCCCCc2ccccc2)N=C=S)cc1-c1ccccc1. The number of aliphatic imine (C=N–C) groups is 1. The van der Waals surface area contributed by atoms with Crippen molar-refractivity contribution in [3.63, 3.8) is 0 Å². The molecule has 0 heterocycles. The highest BCUT2D eigenvalue weighted by molar-refractivity contribution is 7.78. The molecule has 1 atom stereocenters. The molecule has 212 valence electrons. The predicted octanol–water partition coefficient (Wildman–Crippen LogP) is 9.53. The third kappa shape index (κ3) is 10.5. The van der Waals surface area contributed by atoms with Crippen LogP contribution in [0.1, 0.15) is 69.4 Å². The maximum Gasteiger partial charge on any atom is 0.127 e. The number of rotatable bonds is 19. The molecule has 0 aromatic heterocycles. The van der Waals surface area contributed by atoms with E-state index < -0.39 is 5.54 Å². The summed E-state index contributed by atoms with van der Waals surface area (Å²) in [5.74, 6) is 0.928. The van der Waals surface area contributed by atoms with Crippen molar-refractivity contribution in [2.45, 2.75) is 70.3 Å². The van der Waals surface area contributed by atoms with Crippen LogP contribution < -0.4 is 4.74 Å². The van der Waals surface area contributed by atoms with Crippen LogP contribution in [0.2, 0.25) is 0 Å². The van der Waals surface area contributed by atoms with Crippen LogP contribution in [0.3, 0.4) is 0 Å². The number of thiocarbonyl (C=S) groups is 1. The van der Waals surface area contributed by atoms with Gasteiger partial charge in [-0.15, -0.1) is 6.58 Å². The van der Waals surface area contributed by atoms with Gasteiger partial charge in [0, 0.05) is 12.1 Å². The molecule has 3 aromatic rings. The van der Waals surface area contributed by atoms with Crippen molar-refractivity contribution < 1.29 is 4.74 Å². The monoisotopic (exact) mass is 554 g/mol. The van der Waals surface area contributed by atoms with Crippen LogP contribution in [-0.2, 0) is 12.0 Å². The van der Waals surface area contributed by atoms with E-state index >= 15 is 0 Å². The Morgan fingerprint density at radius 3 is 2.33 bits per heavy atom. The van der Waals surface area contributed by atoms with Gasteiger partial charge >= 0.3 is 0 Å². The molecule has 0 bridgehead atoms. The first-order valence-electron chi connectivity index (χ1n) is 14.8. The Hall–Kier alpha value is -3.04. The lowest BCUT2D eigenvalue weighted by Gasteiger charge is -2.26. The molecular formula is C36H46N2OS. The molecule has 0 radical (unpaired) electrons. The number of isothiocyanates is 1. The standard InChI is InChI=1S/C36H46N2OS/c1-4-26-38(3)27-16-5-6-17-28-39-35-24-23-33(29-34(35)32-21-13-8-14-22-32)36(2,37-30-40)25-15-9-12-20-31-18-10-7-11-19-31/h4,7-8,10-11,13-14,18-19,21-24,29H,1,5-6,9,12,15-17,20,25-28H2,2-3H3. The third-order valence-corrected chi connectivity index (χ3v) is 7.67. The normalized spacial score (nSPS) is 12.5. The second-order valence-corrected chi connectivity index (χ2v) is 11.1. The summed E-state index contributed by atoms with van der Waals surface area (Å²) in [5.41, 5.74) is 4.42. The summed E-state index contributed by atoms with van der Waals surface area (Å²) in [6.07, 6.45) is 12.1. The second kappa shape index (κ2) is 17.6. The minimum Gasteiger partial charge on any atom is -0.493 e. The van der Waals surface area contributed by atoms with Gasteiger partial charge in [0.05, 0.1) is 17.3 Å². The van der Waals surface area contributed by atoms with Crippen molar-refractivity contribution >= 4 is 17.4 Å². The van der Waals surface area contributed by atoms with Gasteiger partial charge in [-0.1, -0.05) is 98.5 Å². The van der Waals surface area contributed by atoms with Gasteiger partial charge in [0.25, 0.3) is 0 Å². The largest absolute Gasteiger partial charge is 0.493 e. The number of ether oxygens (including phenoxy) is 1. The van der Waals surface area contributed by atoms with Gasteiger partial charge in [-0.25, -0.2) is 4.99 Å². The van der Waals surface area contributed by atoms with Crippen molar-refractivity contribution in [3.8, 4) is 16.9 Å². The number of unbranched alkanes of at least 4 members (excludes halogenated alkanes) is 5. The first-order chi connectivity index (χ1) is 19.6. The molecule has 4 heteroatoms. The number of hydrogen-bond donors (Lipinski definition) is 0. The average Bonchev–Trinajstić information content (AvgIpc) is 2.98. The van der Waals surface area contributed by atoms with Crippen LogP contribution in [0.15, 0.2) is 96.5 Å². The topological polar surface area (TPSA) is 24.8 Å². The van der Waals surface area contributed by atoms with E-state index in [4.69, 9.17) is 17.0 Å². The Morgan fingerprint density at radius 1 is 0.900 bits per heavy atom. The van der Waals surface area contributed by atoms with E-state index in [-0.39, 0.29) is 0 Å². The van der Waals surface area contributed by atoms with E-state index in [2.05, 4.69) is 114 Å². The lowest BCUT2D eigenvalue weighted by molar-refractivity contribution is 0.301. The summed E-state index contributed by atoms with van der Waals surface area (Å²) >= 11 is 5.10. The Morgan fingerprint density at radius 2 is 1.60 bits per heavy atom. The van der Waals surface area contributed by atoms with E-state index in [1.165, 1.54) is 31.2 Å². The zero-order valence-electron chi connectivity index (χ0n) is 24.5. The van der Waals surface area contributed by atoms with Crippen molar-refractivity contribution in [1.29, 1.82) is 0 Å². The lowest BCUT2D eigenvalue weighted by atomic mass is 9.85. The quantitative estimate of drug-likeness (QED) is 0.0638. The smallest absolute Gasteiger partial charge is 0.127 e.